The second-order valence-corrected chi connectivity index (χ2v) is 5.64. The van der Waals surface area contributed by atoms with Crippen LogP contribution in [0.4, 0.5) is 0 Å². The molecule has 0 aliphatic heterocycles. The van der Waals surface area contributed by atoms with E-state index in [2.05, 4.69) is 43.4 Å². The van der Waals surface area contributed by atoms with E-state index >= 15 is 0 Å². The Morgan fingerprint density at radius 2 is 2.06 bits per heavy atom. The highest BCUT2D eigenvalue weighted by Crippen LogP contribution is 2.32. The molecule has 1 aromatic carbocycles. The van der Waals surface area contributed by atoms with Crippen LogP contribution in [0.1, 0.15) is 44.2 Å². The maximum atomic E-state index is 5.73. The molecular formula is C16H25NO. The van der Waals surface area contributed by atoms with Crippen LogP contribution in [0.25, 0.3) is 0 Å². The van der Waals surface area contributed by atoms with Crippen LogP contribution in [-0.4, -0.2) is 12.6 Å². The van der Waals surface area contributed by atoms with Crippen LogP contribution in [-0.2, 0) is 17.9 Å². The van der Waals surface area contributed by atoms with Crippen molar-refractivity contribution in [2.45, 2.75) is 52.3 Å². The molecule has 0 unspecified atom stereocenters. The Morgan fingerprint density at radius 1 is 1.28 bits per heavy atom. The van der Waals surface area contributed by atoms with Gasteiger partial charge in [0, 0.05) is 19.2 Å². The van der Waals surface area contributed by atoms with Crippen LogP contribution in [0, 0.1) is 5.92 Å². The van der Waals surface area contributed by atoms with Crippen molar-refractivity contribution in [1.29, 1.82) is 0 Å². The summed E-state index contributed by atoms with van der Waals surface area (Å²) in [6.45, 7) is 6.95. The molecule has 2 heteroatoms. The van der Waals surface area contributed by atoms with E-state index in [0.717, 1.165) is 25.7 Å². The third kappa shape index (κ3) is 5.19. The molecule has 1 saturated carbocycles. The summed E-state index contributed by atoms with van der Waals surface area (Å²) in [6, 6.07) is 9.21. The van der Waals surface area contributed by atoms with Crippen LogP contribution < -0.4 is 5.32 Å². The summed E-state index contributed by atoms with van der Waals surface area (Å²) < 4.78 is 5.73. The van der Waals surface area contributed by atoms with Crippen LogP contribution in [0.15, 0.2) is 24.3 Å². The first-order valence-electron chi connectivity index (χ1n) is 7.13. The highest BCUT2D eigenvalue weighted by molar-refractivity contribution is 5.22. The van der Waals surface area contributed by atoms with E-state index in [0.29, 0.717) is 6.04 Å². The Morgan fingerprint density at radius 3 is 2.78 bits per heavy atom. The molecule has 0 aromatic heterocycles. The van der Waals surface area contributed by atoms with Crippen molar-refractivity contribution in [1.82, 2.24) is 5.32 Å². The van der Waals surface area contributed by atoms with Gasteiger partial charge >= 0.3 is 0 Å². The van der Waals surface area contributed by atoms with Crippen LogP contribution in [0.2, 0.25) is 0 Å². The lowest BCUT2D eigenvalue weighted by atomic mass is 10.1. The molecule has 1 N–H and O–H groups in total. The molecule has 100 valence electrons. The number of hydrogen-bond acceptors (Lipinski definition) is 2. The fourth-order valence-electron chi connectivity index (χ4n) is 2.00. The van der Waals surface area contributed by atoms with Crippen LogP contribution in [0.3, 0.4) is 0 Å². The predicted molar refractivity (Wildman–Crippen MR) is 75.4 cm³/mol. The zero-order chi connectivity index (χ0) is 12.8. The smallest absolute Gasteiger partial charge is 0.0716 e. The number of benzene rings is 1. The third-order valence-corrected chi connectivity index (χ3v) is 3.34. The molecule has 1 aliphatic rings. The second-order valence-electron chi connectivity index (χ2n) is 5.64. The largest absolute Gasteiger partial charge is 0.377 e. The number of hydrogen-bond donors (Lipinski definition) is 1. The molecule has 0 bridgehead atoms. The lowest BCUT2D eigenvalue weighted by Crippen LogP contribution is -2.21. The summed E-state index contributed by atoms with van der Waals surface area (Å²) in [6.07, 6.45) is 4.08. The van der Waals surface area contributed by atoms with Gasteiger partial charge in [0.15, 0.2) is 0 Å². The van der Waals surface area contributed by atoms with Crippen molar-refractivity contribution in [2.24, 2.45) is 5.92 Å². The molecule has 2 nitrogen and oxygen atoms in total. The monoisotopic (exact) mass is 247 g/mol. The Bertz CT molecular complexity index is 358. The van der Waals surface area contributed by atoms with Gasteiger partial charge in [0.1, 0.15) is 0 Å². The van der Waals surface area contributed by atoms with Crippen LogP contribution >= 0.6 is 0 Å². The molecule has 1 aromatic rings. The molecule has 0 atom stereocenters. The summed E-state index contributed by atoms with van der Waals surface area (Å²) in [4.78, 5) is 0. The molecule has 0 spiro atoms. The molecule has 0 radical (unpaired) electrons. The van der Waals surface area contributed by atoms with Crippen molar-refractivity contribution in [3.63, 3.8) is 0 Å². The van der Waals surface area contributed by atoms with Gasteiger partial charge in [0.25, 0.3) is 0 Å². The van der Waals surface area contributed by atoms with Gasteiger partial charge < -0.3 is 10.1 Å². The van der Waals surface area contributed by atoms with Crippen molar-refractivity contribution in [3.05, 3.63) is 35.4 Å². The Hall–Kier alpha value is -0.860. The maximum Gasteiger partial charge on any atom is 0.0716 e. The molecular weight excluding hydrogens is 222 g/mol. The van der Waals surface area contributed by atoms with Gasteiger partial charge in [-0.2, -0.15) is 0 Å². The number of rotatable bonds is 8. The average Bonchev–Trinajstić information content (AvgIpc) is 3.17. The van der Waals surface area contributed by atoms with Gasteiger partial charge in [-0.3, -0.25) is 0 Å². The molecule has 2 rings (SSSR count). The quantitative estimate of drug-likeness (QED) is 0.710. The first-order chi connectivity index (χ1) is 8.74. The lowest BCUT2D eigenvalue weighted by molar-refractivity contribution is 0.115. The number of nitrogens with one attached hydrogen (secondary N) is 1. The van der Waals surface area contributed by atoms with Gasteiger partial charge in [-0.05, 0) is 23.5 Å². The first kappa shape index (κ1) is 13.6. The maximum absolute atomic E-state index is 5.73. The normalized spacial score (nSPS) is 15.3. The van der Waals surface area contributed by atoms with Gasteiger partial charge in [0.05, 0.1) is 6.61 Å². The Balaban J connectivity index is 1.71. The Labute approximate surface area is 111 Å². The zero-order valence-corrected chi connectivity index (χ0v) is 11.6. The van der Waals surface area contributed by atoms with Gasteiger partial charge in [-0.25, -0.2) is 0 Å². The predicted octanol–water partition coefficient (Wildman–Crippen LogP) is 3.50. The second kappa shape index (κ2) is 6.91. The molecule has 0 heterocycles. The van der Waals surface area contributed by atoms with Crippen LogP contribution in [0.5, 0.6) is 0 Å². The minimum absolute atomic E-state index is 0.531. The molecule has 18 heavy (non-hydrogen) atoms. The molecule has 0 saturated heterocycles. The summed E-state index contributed by atoms with van der Waals surface area (Å²) in [5, 5.41) is 3.44. The van der Waals surface area contributed by atoms with Gasteiger partial charge in [-0.15, -0.1) is 0 Å². The standard InChI is InChI=1S/C16H25NO/c1-13(2)17-11-15-4-3-5-16(10-15)12-18-9-8-14-6-7-14/h3-5,10,13-14,17H,6-9,11-12H2,1-2H3. The van der Waals surface area contributed by atoms with Crippen molar-refractivity contribution >= 4 is 0 Å². The minimum Gasteiger partial charge on any atom is -0.377 e. The minimum atomic E-state index is 0.531. The molecule has 1 aliphatic carbocycles. The van der Waals surface area contributed by atoms with Crippen molar-refractivity contribution in [3.8, 4) is 0 Å². The summed E-state index contributed by atoms with van der Waals surface area (Å²) in [7, 11) is 0. The van der Waals surface area contributed by atoms with E-state index < -0.39 is 0 Å². The third-order valence-electron chi connectivity index (χ3n) is 3.34. The van der Waals surface area contributed by atoms with E-state index in [1.165, 1.54) is 30.4 Å². The average molecular weight is 247 g/mol. The first-order valence-corrected chi connectivity index (χ1v) is 7.13. The Kier molecular flexibility index (Phi) is 5.21. The SMILES string of the molecule is CC(C)NCc1cccc(COCCC2CC2)c1. The lowest BCUT2D eigenvalue weighted by Gasteiger charge is -2.10. The van der Waals surface area contributed by atoms with Gasteiger partial charge in [0.2, 0.25) is 0 Å². The topological polar surface area (TPSA) is 21.3 Å². The van der Waals surface area contributed by atoms with Crippen molar-refractivity contribution in [2.75, 3.05) is 6.61 Å². The van der Waals surface area contributed by atoms with E-state index in [1.807, 2.05) is 0 Å². The number of ether oxygens (including phenoxy) is 1. The molecule has 0 amide bonds. The summed E-state index contributed by atoms with van der Waals surface area (Å²) in [5.74, 6) is 0.964. The highest BCUT2D eigenvalue weighted by atomic mass is 16.5. The summed E-state index contributed by atoms with van der Waals surface area (Å²) in [5.41, 5.74) is 2.63. The zero-order valence-electron chi connectivity index (χ0n) is 11.6. The highest BCUT2D eigenvalue weighted by Gasteiger charge is 2.20. The van der Waals surface area contributed by atoms with E-state index in [-0.39, 0.29) is 0 Å². The van der Waals surface area contributed by atoms with Gasteiger partial charge in [-0.1, -0.05) is 51.0 Å². The van der Waals surface area contributed by atoms with Crippen molar-refractivity contribution < 1.29 is 4.74 Å². The van der Waals surface area contributed by atoms with E-state index in [9.17, 15) is 0 Å². The van der Waals surface area contributed by atoms with E-state index in [4.69, 9.17) is 4.74 Å². The molecule has 1 fully saturated rings. The fourth-order valence-corrected chi connectivity index (χ4v) is 2.00. The fraction of sp³-hybridized carbons (Fsp3) is 0.625. The van der Waals surface area contributed by atoms with E-state index in [1.54, 1.807) is 0 Å². The summed E-state index contributed by atoms with van der Waals surface area (Å²) >= 11 is 0.